The van der Waals surface area contributed by atoms with Gasteiger partial charge in [-0.1, -0.05) is 0 Å². The lowest BCUT2D eigenvalue weighted by Crippen LogP contribution is -2.63. The summed E-state index contributed by atoms with van der Waals surface area (Å²) < 4.78 is 0. The maximum atomic E-state index is 12.0. The second kappa shape index (κ2) is 3.46. The molecule has 2 aliphatic rings. The minimum absolute atomic E-state index is 0.0273. The monoisotopic (exact) mass is 212 g/mol. The molecule has 2 fully saturated rings. The van der Waals surface area contributed by atoms with E-state index in [9.17, 15) is 9.90 Å². The first kappa shape index (κ1) is 10.9. The average molecular weight is 212 g/mol. The number of aliphatic hydroxyl groups excluding tert-OH is 1. The first-order chi connectivity index (χ1) is 7.00. The van der Waals surface area contributed by atoms with Gasteiger partial charge in [-0.05, 0) is 44.9 Å². The third kappa shape index (κ3) is 1.88. The molecule has 86 valence electrons. The van der Waals surface area contributed by atoms with E-state index in [2.05, 4.69) is 5.32 Å². The Kier molecular flexibility index (Phi) is 2.51. The Bertz CT molecular complexity index is 262. The molecule has 15 heavy (non-hydrogen) atoms. The highest BCUT2D eigenvalue weighted by Crippen LogP contribution is 2.39. The number of carbonyl (C=O) groups is 1. The minimum atomic E-state index is -0.752. The van der Waals surface area contributed by atoms with E-state index in [4.69, 9.17) is 5.73 Å². The molecule has 0 aromatic carbocycles. The molecular weight excluding hydrogens is 192 g/mol. The standard InChI is InChI=1S/C11H20N2O2/c1-10(12,8-3-4-8)9(15)13-11(7-14)5-2-6-11/h8,14H,2-7,12H2,1H3,(H,13,15). The molecule has 2 rings (SSSR count). The molecule has 1 atom stereocenters. The number of nitrogens with one attached hydrogen (secondary N) is 1. The Labute approximate surface area is 90.2 Å². The Hall–Kier alpha value is -0.610. The van der Waals surface area contributed by atoms with Crippen molar-refractivity contribution in [2.24, 2.45) is 11.7 Å². The number of hydrogen-bond donors (Lipinski definition) is 3. The van der Waals surface area contributed by atoms with Crippen molar-refractivity contribution in [3.8, 4) is 0 Å². The molecule has 4 nitrogen and oxygen atoms in total. The highest BCUT2D eigenvalue weighted by atomic mass is 16.3. The molecule has 1 amide bonds. The van der Waals surface area contributed by atoms with E-state index in [1.165, 1.54) is 0 Å². The van der Waals surface area contributed by atoms with Crippen LogP contribution in [0.1, 0.15) is 39.0 Å². The molecule has 0 bridgehead atoms. The number of amides is 1. The van der Waals surface area contributed by atoms with Gasteiger partial charge in [0.15, 0.2) is 0 Å². The molecule has 2 saturated carbocycles. The normalized spacial score (nSPS) is 27.7. The molecule has 0 radical (unpaired) electrons. The van der Waals surface area contributed by atoms with Crippen molar-refractivity contribution in [1.82, 2.24) is 5.32 Å². The van der Waals surface area contributed by atoms with Crippen molar-refractivity contribution < 1.29 is 9.90 Å². The van der Waals surface area contributed by atoms with Crippen LogP contribution >= 0.6 is 0 Å². The second-order valence-electron chi connectivity index (χ2n) is 5.30. The van der Waals surface area contributed by atoms with Crippen LogP contribution in [0.2, 0.25) is 0 Å². The van der Waals surface area contributed by atoms with Gasteiger partial charge >= 0.3 is 0 Å². The predicted octanol–water partition coefficient (Wildman–Crippen LogP) is 0.145. The topological polar surface area (TPSA) is 75.4 Å². The molecule has 0 spiro atoms. The average Bonchev–Trinajstić information content (AvgIpc) is 2.93. The van der Waals surface area contributed by atoms with E-state index in [-0.39, 0.29) is 18.1 Å². The Morgan fingerprint density at radius 2 is 2.20 bits per heavy atom. The fourth-order valence-electron chi connectivity index (χ4n) is 2.17. The van der Waals surface area contributed by atoms with E-state index >= 15 is 0 Å². The maximum absolute atomic E-state index is 12.0. The summed E-state index contributed by atoms with van der Waals surface area (Å²) >= 11 is 0. The van der Waals surface area contributed by atoms with Crippen LogP contribution in [-0.2, 0) is 4.79 Å². The summed E-state index contributed by atoms with van der Waals surface area (Å²) in [5, 5.41) is 12.2. The summed E-state index contributed by atoms with van der Waals surface area (Å²) in [6.45, 7) is 1.82. The summed E-state index contributed by atoms with van der Waals surface area (Å²) in [5.74, 6) is 0.229. The highest BCUT2D eigenvalue weighted by molar-refractivity contribution is 5.87. The minimum Gasteiger partial charge on any atom is -0.394 e. The van der Waals surface area contributed by atoms with Gasteiger partial charge in [-0.3, -0.25) is 4.79 Å². The van der Waals surface area contributed by atoms with Gasteiger partial charge in [0.05, 0.1) is 17.7 Å². The van der Waals surface area contributed by atoms with Crippen molar-refractivity contribution in [3.05, 3.63) is 0 Å². The lowest BCUT2D eigenvalue weighted by Gasteiger charge is -2.43. The van der Waals surface area contributed by atoms with Crippen LogP contribution in [0.4, 0.5) is 0 Å². The Morgan fingerprint density at radius 1 is 1.60 bits per heavy atom. The molecule has 0 aromatic rings. The van der Waals surface area contributed by atoms with Crippen molar-refractivity contribution in [1.29, 1.82) is 0 Å². The largest absolute Gasteiger partial charge is 0.394 e. The van der Waals surface area contributed by atoms with E-state index in [1.807, 2.05) is 0 Å². The van der Waals surface area contributed by atoms with Crippen LogP contribution < -0.4 is 11.1 Å². The number of hydrogen-bond acceptors (Lipinski definition) is 3. The van der Waals surface area contributed by atoms with Gasteiger partial charge in [0.25, 0.3) is 0 Å². The van der Waals surface area contributed by atoms with Gasteiger partial charge in [-0.15, -0.1) is 0 Å². The summed E-state index contributed by atoms with van der Waals surface area (Å²) in [5.41, 5.74) is 4.89. The molecule has 4 heteroatoms. The fraction of sp³-hybridized carbons (Fsp3) is 0.909. The summed E-state index contributed by atoms with van der Waals surface area (Å²) in [6.07, 6.45) is 4.91. The van der Waals surface area contributed by atoms with E-state index in [0.717, 1.165) is 32.1 Å². The molecule has 0 heterocycles. The molecule has 0 aromatic heterocycles. The molecular formula is C11H20N2O2. The van der Waals surface area contributed by atoms with Crippen LogP contribution in [0.25, 0.3) is 0 Å². The second-order valence-corrected chi connectivity index (χ2v) is 5.30. The molecule has 4 N–H and O–H groups in total. The van der Waals surface area contributed by atoms with Crippen LogP contribution in [0.3, 0.4) is 0 Å². The van der Waals surface area contributed by atoms with Gasteiger partial charge in [0.2, 0.25) is 5.91 Å². The first-order valence-corrected chi connectivity index (χ1v) is 5.72. The number of nitrogens with two attached hydrogens (primary N) is 1. The lowest BCUT2D eigenvalue weighted by atomic mass is 9.76. The maximum Gasteiger partial charge on any atom is 0.240 e. The quantitative estimate of drug-likeness (QED) is 0.620. The summed E-state index contributed by atoms with van der Waals surface area (Å²) in [6, 6.07) is 0. The van der Waals surface area contributed by atoms with Gasteiger partial charge < -0.3 is 16.2 Å². The molecule has 0 saturated heterocycles. The summed E-state index contributed by atoms with van der Waals surface area (Å²) in [4.78, 5) is 12.0. The number of aliphatic hydroxyl groups is 1. The Morgan fingerprint density at radius 3 is 2.53 bits per heavy atom. The number of rotatable bonds is 4. The molecule has 2 aliphatic carbocycles. The highest BCUT2D eigenvalue weighted by Gasteiger charge is 2.47. The van der Waals surface area contributed by atoms with Crippen molar-refractivity contribution in [3.63, 3.8) is 0 Å². The predicted molar refractivity (Wildman–Crippen MR) is 57.1 cm³/mol. The van der Waals surface area contributed by atoms with Gasteiger partial charge in [-0.25, -0.2) is 0 Å². The SMILES string of the molecule is CC(N)(C(=O)NC1(CO)CCC1)C1CC1. The lowest BCUT2D eigenvalue weighted by molar-refractivity contribution is -0.130. The third-order valence-corrected chi connectivity index (χ3v) is 3.91. The van der Waals surface area contributed by atoms with E-state index in [1.54, 1.807) is 6.92 Å². The Balaban J connectivity index is 1.96. The zero-order valence-corrected chi connectivity index (χ0v) is 9.25. The fourth-order valence-corrected chi connectivity index (χ4v) is 2.17. The smallest absolute Gasteiger partial charge is 0.240 e. The molecule has 1 unspecified atom stereocenters. The van der Waals surface area contributed by atoms with Crippen molar-refractivity contribution in [2.75, 3.05) is 6.61 Å². The van der Waals surface area contributed by atoms with Crippen LogP contribution in [-0.4, -0.2) is 28.7 Å². The summed E-state index contributed by atoms with van der Waals surface area (Å²) in [7, 11) is 0. The number of carbonyl (C=O) groups excluding carboxylic acids is 1. The van der Waals surface area contributed by atoms with Gasteiger partial charge in [0, 0.05) is 0 Å². The van der Waals surface area contributed by atoms with Crippen molar-refractivity contribution >= 4 is 5.91 Å². The van der Waals surface area contributed by atoms with Crippen LogP contribution in [0.15, 0.2) is 0 Å². The van der Waals surface area contributed by atoms with Crippen molar-refractivity contribution in [2.45, 2.75) is 50.1 Å². The zero-order chi connectivity index (χ0) is 11.1. The van der Waals surface area contributed by atoms with E-state index in [0.29, 0.717) is 5.92 Å². The van der Waals surface area contributed by atoms with Gasteiger partial charge in [0.1, 0.15) is 0 Å². The first-order valence-electron chi connectivity index (χ1n) is 5.72. The van der Waals surface area contributed by atoms with E-state index < -0.39 is 5.54 Å². The van der Waals surface area contributed by atoms with Gasteiger partial charge in [-0.2, -0.15) is 0 Å². The third-order valence-electron chi connectivity index (χ3n) is 3.91. The van der Waals surface area contributed by atoms with Crippen LogP contribution in [0.5, 0.6) is 0 Å². The van der Waals surface area contributed by atoms with Crippen LogP contribution in [0, 0.1) is 5.92 Å². The zero-order valence-electron chi connectivity index (χ0n) is 9.25. The molecule has 0 aliphatic heterocycles.